The number of nitrogens with two attached hydrogens (primary N) is 1. The summed E-state index contributed by atoms with van der Waals surface area (Å²) in [4.78, 5) is 6.51. The van der Waals surface area contributed by atoms with Crippen LogP contribution in [0.4, 0.5) is 5.69 Å². The Hall–Kier alpha value is -2.56. The Morgan fingerprint density at radius 1 is 1.33 bits per heavy atom. The minimum atomic E-state index is 0.115. The van der Waals surface area contributed by atoms with Crippen LogP contribution in [0.3, 0.4) is 0 Å². The Bertz CT molecular complexity index is 625. The van der Waals surface area contributed by atoms with Gasteiger partial charge in [-0.15, -0.1) is 0 Å². The van der Waals surface area contributed by atoms with E-state index in [4.69, 9.17) is 10.9 Å². The highest BCUT2D eigenvalue weighted by molar-refractivity contribution is 6.02. The van der Waals surface area contributed by atoms with E-state index in [0.29, 0.717) is 6.54 Å². The fraction of sp³-hybridized carbons (Fsp3) is 0.250. The van der Waals surface area contributed by atoms with Crippen LogP contribution >= 0.6 is 0 Å². The lowest BCUT2D eigenvalue weighted by molar-refractivity contribution is 0.318. The maximum atomic E-state index is 8.96. The van der Waals surface area contributed by atoms with Gasteiger partial charge in [-0.3, -0.25) is 4.98 Å². The standard InChI is InChI=1S/C16H20N4O/c1-3-20(11-13-6-4-5-9-18-13)15-10-12(2)7-8-14(15)16(17)19-21/h4-10,21H,3,11H2,1-2H3,(H2,17,19). The van der Waals surface area contributed by atoms with E-state index < -0.39 is 0 Å². The summed E-state index contributed by atoms with van der Waals surface area (Å²) in [7, 11) is 0. The first kappa shape index (κ1) is 14.8. The number of nitrogens with zero attached hydrogens (tertiary/aromatic N) is 3. The Morgan fingerprint density at radius 2 is 2.14 bits per heavy atom. The predicted molar refractivity (Wildman–Crippen MR) is 84.7 cm³/mol. The maximum absolute atomic E-state index is 8.96. The van der Waals surface area contributed by atoms with Crippen molar-refractivity contribution < 1.29 is 5.21 Å². The smallest absolute Gasteiger partial charge is 0.172 e. The minimum absolute atomic E-state index is 0.115. The number of aromatic nitrogens is 1. The van der Waals surface area contributed by atoms with E-state index in [1.54, 1.807) is 6.20 Å². The van der Waals surface area contributed by atoms with Crippen molar-refractivity contribution in [2.45, 2.75) is 20.4 Å². The van der Waals surface area contributed by atoms with E-state index in [1.807, 2.05) is 43.3 Å². The van der Waals surface area contributed by atoms with E-state index in [1.165, 1.54) is 0 Å². The Balaban J connectivity index is 2.39. The van der Waals surface area contributed by atoms with Crippen LogP contribution in [0.15, 0.2) is 47.8 Å². The van der Waals surface area contributed by atoms with E-state index in [0.717, 1.165) is 29.1 Å². The van der Waals surface area contributed by atoms with Crippen LogP contribution < -0.4 is 10.6 Å². The van der Waals surface area contributed by atoms with Gasteiger partial charge < -0.3 is 15.8 Å². The van der Waals surface area contributed by atoms with Crippen LogP contribution in [0, 0.1) is 6.92 Å². The summed E-state index contributed by atoms with van der Waals surface area (Å²) >= 11 is 0. The normalized spacial score (nSPS) is 11.4. The molecule has 0 radical (unpaired) electrons. The van der Waals surface area contributed by atoms with Crippen molar-refractivity contribution in [2.24, 2.45) is 10.9 Å². The van der Waals surface area contributed by atoms with Gasteiger partial charge in [0, 0.05) is 24.0 Å². The van der Waals surface area contributed by atoms with Crippen molar-refractivity contribution >= 4 is 11.5 Å². The molecule has 5 nitrogen and oxygen atoms in total. The summed E-state index contributed by atoms with van der Waals surface area (Å²) in [6.07, 6.45) is 1.78. The highest BCUT2D eigenvalue weighted by atomic mass is 16.4. The third kappa shape index (κ3) is 3.51. The highest BCUT2D eigenvalue weighted by Gasteiger charge is 2.14. The second-order valence-corrected chi connectivity index (χ2v) is 4.84. The monoisotopic (exact) mass is 284 g/mol. The van der Waals surface area contributed by atoms with Gasteiger partial charge in [0.15, 0.2) is 5.84 Å². The van der Waals surface area contributed by atoms with Crippen LogP contribution in [0.5, 0.6) is 0 Å². The third-order valence-electron chi connectivity index (χ3n) is 3.34. The fourth-order valence-electron chi connectivity index (χ4n) is 2.23. The molecule has 1 aromatic carbocycles. The zero-order valence-corrected chi connectivity index (χ0v) is 12.3. The van der Waals surface area contributed by atoms with Crippen molar-refractivity contribution in [3.63, 3.8) is 0 Å². The SMILES string of the molecule is CCN(Cc1ccccn1)c1cc(C)ccc1/C(N)=N/O. The number of amidine groups is 1. The van der Waals surface area contributed by atoms with Gasteiger partial charge >= 0.3 is 0 Å². The van der Waals surface area contributed by atoms with Crippen molar-refractivity contribution in [3.8, 4) is 0 Å². The number of hydrogen-bond donors (Lipinski definition) is 2. The quantitative estimate of drug-likeness (QED) is 0.383. The van der Waals surface area contributed by atoms with E-state index in [9.17, 15) is 0 Å². The summed E-state index contributed by atoms with van der Waals surface area (Å²) in [6, 6.07) is 11.7. The number of pyridine rings is 1. The Labute approximate surface area is 124 Å². The molecule has 0 aliphatic rings. The molecule has 5 heteroatoms. The molecule has 0 bridgehead atoms. The van der Waals surface area contributed by atoms with Crippen LogP contribution in [0.2, 0.25) is 0 Å². The molecule has 1 heterocycles. The van der Waals surface area contributed by atoms with Gasteiger partial charge in [0.1, 0.15) is 0 Å². The van der Waals surface area contributed by atoms with Crippen molar-refractivity contribution in [1.29, 1.82) is 0 Å². The van der Waals surface area contributed by atoms with Crippen molar-refractivity contribution in [2.75, 3.05) is 11.4 Å². The molecule has 21 heavy (non-hydrogen) atoms. The average Bonchev–Trinajstić information content (AvgIpc) is 2.52. The molecule has 0 amide bonds. The molecule has 0 fully saturated rings. The second-order valence-electron chi connectivity index (χ2n) is 4.84. The molecule has 110 valence electrons. The van der Waals surface area contributed by atoms with Gasteiger partial charge in [-0.2, -0.15) is 0 Å². The topological polar surface area (TPSA) is 74.7 Å². The first-order valence-corrected chi connectivity index (χ1v) is 6.89. The van der Waals surface area contributed by atoms with Crippen molar-refractivity contribution in [1.82, 2.24) is 4.98 Å². The van der Waals surface area contributed by atoms with Crippen LogP contribution in [0.25, 0.3) is 0 Å². The number of oxime groups is 1. The number of benzene rings is 1. The molecule has 2 rings (SSSR count). The van der Waals surface area contributed by atoms with E-state index in [-0.39, 0.29) is 5.84 Å². The second kappa shape index (κ2) is 6.74. The van der Waals surface area contributed by atoms with Crippen LogP contribution in [-0.2, 0) is 6.54 Å². The van der Waals surface area contributed by atoms with E-state index >= 15 is 0 Å². The fourth-order valence-corrected chi connectivity index (χ4v) is 2.23. The molecule has 0 spiro atoms. The molecule has 0 unspecified atom stereocenters. The highest BCUT2D eigenvalue weighted by Crippen LogP contribution is 2.23. The average molecular weight is 284 g/mol. The lowest BCUT2D eigenvalue weighted by Crippen LogP contribution is -2.26. The molecule has 0 atom stereocenters. The Morgan fingerprint density at radius 3 is 2.76 bits per heavy atom. The number of hydrogen-bond acceptors (Lipinski definition) is 4. The molecular weight excluding hydrogens is 264 g/mol. The zero-order chi connectivity index (χ0) is 15.2. The molecule has 0 aliphatic carbocycles. The minimum Gasteiger partial charge on any atom is -0.409 e. The van der Waals surface area contributed by atoms with Gasteiger partial charge in [-0.05, 0) is 43.7 Å². The summed E-state index contributed by atoms with van der Waals surface area (Å²) in [5.41, 5.74) is 9.56. The summed E-state index contributed by atoms with van der Waals surface area (Å²) in [5.74, 6) is 0.115. The molecular formula is C16H20N4O. The van der Waals surface area contributed by atoms with Gasteiger partial charge in [-0.1, -0.05) is 17.3 Å². The first-order chi connectivity index (χ1) is 10.2. The van der Waals surface area contributed by atoms with Crippen molar-refractivity contribution in [3.05, 3.63) is 59.4 Å². The molecule has 0 saturated carbocycles. The predicted octanol–water partition coefficient (Wildman–Crippen LogP) is 2.51. The lowest BCUT2D eigenvalue weighted by atomic mass is 10.1. The molecule has 3 N–H and O–H groups in total. The molecule has 0 saturated heterocycles. The van der Waals surface area contributed by atoms with Gasteiger partial charge in [0.05, 0.1) is 12.2 Å². The number of aryl methyl sites for hydroxylation is 1. The van der Waals surface area contributed by atoms with Gasteiger partial charge in [-0.25, -0.2) is 0 Å². The third-order valence-corrected chi connectivity index (χ3v) is 3.34. The van der Waals surface area contributed by atoms with Gasteiger partial charge in [0.25, 0.3) is 0 Å². The lowest BCUT2D eigenvalue weighted by Gasteiger charge is -2.25. The van der Waals surface area contributed by atoms with Crippen LogP contribution in [-0.4, -0.2) is 22.6 Å². The number of rotatable bonds is 5. The Kier molecular flexibility index (Phi) is 4.77. The summed E-state index contributed by atoms with van der Waals surface area (Å²) in [6.45, 7) is 5.56. The summed E-state index contributed by atoms with van der Waals surface area (Å²) < 4.78 is 0. The van der Waals surface area contributed by atoms with E-state index in [2.05, 4.69) is 22.0 Å². The largest absolute Gasteiger partial charge is 0.409 e. The molecule has 0 aliphatic heterocycles. The summed E-state index contributed by atoms with van der Waals surface area (Å²) in [5, 5.41) is 12.1. The maximum Gasteiger partial charge on any atom is 0.172 e. The molecule has 1 aromatic heterocycles. The van der Waals surface area contributed by atoms with Crippen LogP contribution in [0.1, 0.15) is 23.7 Å². The zero-order valence-electron chi connectivity index (χ0n) is 12.3. The first-order valence-electron chi connectivity index (χ1n) is 6.89. The number of anilines is 1. The molecule has 2 aromatic rings. The van der Waals surface area contributed by atoms with Gasteiger partial charge in [0.2, 0.25) is 0 Å².